The predicted octanol–water partition coefficient (Wildman–Crippen LogP) is 3.65. The number of ether oxygens (including phenoxy) is 2. The molecule has 2 aliphatic rings. The van der Waals surface area contributed by atoms with Gasteiger partial charge in [0, 0.05) is 26.4 Å². The number of nitrogens with one attached hydrogen (secondary N) is 2. The lowest BCUT2D eigenvalue weighted by atomic mass is 9.94. The maximum absolute atomic E-state index is 14.3. The van der Waals surface area contributed by atoms with Gasteiger partial charge in [0.05, 0.1) is 5.92 Å². The molecule has 0 saturated carbocycles. The quantitative estimate of drug-likeness (QED) is 0.223. The third-order valence-corrected chi connectivity index (χ3v) is 10.3. The summed E-state index contributed by atoms with van der Waals surface area (Å²) in [5, 5.41) is 5.72. The molecule has 0 bridgehead atoms. The van der Waals surface area contributed by atoms with Crippen LogP contribution in [-0.4, -0.2) is 95.3 Å². The zero-order valence-electron chi connectivity index (χ0n) is 32.1. The number of likely N-dealkylation sites (N-methyl/N-ethyl adjacent to an activating group) is 1. The largest absolute Gasteiger partial charge is 0.460 e. The van der Waals surface area contributed by atoms with Crippen LogP contribution in [-0.2, 0) is 44.7 Å². The van der Waals surface area contributed by atoms with Crippen molar-refractivity contribution in [1.82, 2.24) is 20.4 Å². The van der Waals surface area contributed by atoms with E-state index in [-0.39, 0.29) is 31.2 Å². The van der Waals surface area contributed by atoms with E-state index >= 15 is 0 Å². The zero-order valence-corrected chi connectivity index (χ0v) is 32.1. The molecule has 2 saturated heterocycles. The second-order valence-electron chi connectivity index (χ2n) is 14.9. The van der Waals surface area contributed by atoms with Gasteiger partial charge in [0.15, 0.2) is 6.10 Å². The van der Waals surface area contributed by atoms with Crippen LogP contribution in [0.25, 0.3) is 0 Å². The lowest BCUT2D eigenvalue weighted by Gasteiger charge is -2.35. The van der Waals surface area contributed by atoms with E-state index in [9.17, 15) is 28.8 Å². The Morgan fingerprint density at radius 2 is 1.54 bits per heavy atom. The van der Waals surface area contributed by atoms with Crippen molar-refractivity contribution in [2.45, 2.75) is 130 Å². The average molecular weight is 723 g/mol. The van der Waals surface area contributed by atoms with Crippen molar-refractivity contribution in [3.05, 3.63) is 35.9 Å². The highest BCUT2D eigenvalue weighted by Gasteiger charge is 2.44. The van der Waals surface area contributed by atoms with Crippen molar-refractivity contribution in [3.8, 4) is 12.3 Å². The Morgan fingerprint density at radius 1 is 0.885 bits per heavy atom. The lowest BCUT2D eigenvalue weighted by Crippen LogP contribution is -2.57. The Labute approximate surface area is 309 Å². The number of esters is 2. The molecular formula is C40H58N4O8. The minimum Gasteiger partial charge on any atom is -0.460 e. The third-order valence-electron chi connectivity index (χ3n) is 10.3. The number of amides is 4. The minimum absolute atomic E-state index is 0.0458. The maximum Gasteiger partial charge on any atom is 0.329 e. The van der Waals surface area contributed by atoms with E-state index in [2.05, 4.69) is 16.6 Å². The van der Waals surface area contributed by atoms with E-state index < -0.39 is 83.8 Å². The molecule has 2 aliphatic heterocycles. The summed E-state index contributed by atoms with van der Waals surface area (Å²) >= 11 is 0. The summed E-state index contributed by atoms with van der Waals surface area (Å²) in [6.45, 7) is 12.7. The summed E-state index contributed by atoms with van der Waals surface area (Å²) in [5.74, 6) is -3.02. The molecule has 4 amide bonds. The number of rotatable bonds is 9. The van der Waals surface area contributed by atoms with Crippen molar-refractivity contribution in [3.63, 3.8) is 0 Å². The second-order valence-corrected chi connectivity index (χ2v) is 14.9. The molecule has 8 atom stereocenters. The summed E-state index contributed by atoms with van der Waals surface area (Å²) in [6, 6.07) is 5.00. The van der Waals surface area contributed by atoms with Gasteiger partial charge in [-0.15, -0.1) is 12.3 Å². The number of carbonyl (C=O) groups is 6. The van der Waals surface area contributed by atoms with Gasteiger partial charge in [-0.05, 0) is 49.0 Å². The normalized spacial score (nSPS) is 27.8. The van der Waals surface area contributed by atoms with Crippen molar-refractivity contribution >= 4 is 35.6 Å². The number of nitrogens with zero attached hydrogens (tertiary/aromatic N) is 2. The van der Waals surface area contributed by atoms with E-state index in [0.29, 0.717) is 32.1 Å². The standard InChI is InChI=1S/C40H58N4O8/c1-10-12-14-21-30-27(8)35(45)41-32(24(3)4)38(48)43(9)34(25(5)6)40(50)52-31(23-28-18-15-13-16-19-28)37(47)44-22-17-20-29(44)36(46)42-33(26(7)11-2)39(49)51-30/h1,13,15-16,18-19,24-27,29-34H,11-12,14,17,20-23H2,2-9H3,(H,41,45)(H,42,46)/t26-,27+,29+,30-,31+,32+,33+,34+/m1/s1. The summed E-state index contributed by atoms with van der Waals surface area (Å²) in [5.41, 5.74) is 0.742. The van der Waals surface area contributed by atoms with Crippen LogP contribution in [0.3, 0.4) is 0 Å². The average Bonchev–Trinajstić information content (AvgIpc) is 3.61. The van der Waals surface area contributed by atoms with E-state index in [1.807, 2.05) is 44.2 Å². The molecule has 1 aromatic carbocycles. The molecule has 2 heterocycles. The molecule has 286 valence electrons. The SMILES string of the molecule is C#CCCC[C@H]1OC(=O)[C@H]([C@H](C)CC)NC(=O)[C@@H]2CCCN2C(=O)[C@H](Cc2ccccc2)OC(=O)[C@H](C(C)C)N(C)C(=O)[C@H](C(C)C)NC(=O)[C@H]1C. The van der Waals surface area contributed by atoms with Gasteiger partial charge in [0.25, 0.3) is 5.91 Å². The molecule has 0 aliphatic carbocycles. The van der Waals surface area contributed by atoms with Crippen LogP contribution >= 0.6 is 0 Å². The number of benzene rings is 1. The summed E-state index contributed by atoms with van der Waals surface area (Å²) < 4.78 is 12.1. The van der Waals surface area contributed by atoms with E-state index in [4.69, 9.17) is 15.9 Å². The number of hydrogen-bond acceptors (Lipinski definition) is 8. The molecule has 52 heavy (non-hydrogen) atoms. The predicted molar refractivity (Wildman–Crippen MR) is 196 cm³/mol. The van der Waals surface area contributed by atoms with Crippen molar-refractivity contribution < 1.29 is 38.2 Å². The van der Waals surface area contributed by atoms with Crippen LogP contribution in [0.15, 0.2) is 30.3 Å². The Morgan fingerprint density at radius 3 is 2.13 bits per heavy atom. The van der Waals surface area contributed by atoms with Gasteiger partial charge in [0.2, 0.25) is 17.7 Å². The van der Waals surface area contributed by atoms with Gasteiger partial charge in [-0.25, -0.2) is 9.59 Å². The van der Waals surface area contributed by atoms with Gasteiger partial charge < -0.3 is 29.9 Å². The molecule has 0 unspecified atom stereocenters. The van der Waals surface area contributed by atoms with Crippen LogP contribution in [0.4, 0.5) is 0 Å². The first-order valence-corrected chi connectivity index (χ1v) is 18.7. The maximum atomic E-state index is 14.3. The topological polar surface area (TPSA) is 151 Å². The third kappa shape index (κ3) is 10.6. The molecule has 2 fully saturated rings. The van der Waals surface area contributed by atoms with E-state index in [1.54, 1.807) is 34.6 Å². The molecule has 12 nitrogen and oxygen atoms in total. The van der Waals surface area contributed by atoms with Crippen molar-refractivity contribution in [1.29, 1.82) is 0 Å². The fraction of sp³-hybridized carbons (Fsp3) is 0.650. The monoisotopic (exact) mass is 722 g/mol. The van der Waals surface area contributed by atoms with Gasteiger partial charge in [-0.2, -0.15) is 0 Å². The van der Waals surface area contributed by atoms with Crippen LogP contribution in [0.1, 0.15) is 92.6 Å². The highest BCUT2D eigenvalue weighted by molar-refractivity contribution is 5.95. The van der Waals surface area contributed by atoms with E-state index in [0.717, 1.165) is 5.56 Å². The minimum atomic E-state index is -1.30. The molecule has 2 N–H and O–H groups in total. The highest BCUT2D eigenvalue weighted by Crippen LogP contribution is 2.25. The van der Waals surface area contributed by atoms with Crippen molar-refractivity contribution in [2.24, 2.45) is 23.7 Å². The summed E-state index contributed by atoms with van der Waals surface area (Å²) in [4.78, 5) is 86.9. The molecule has 0 spiro atoms. The first-order chi connectivity index (χ1) is 24.6. The van der Waals surface area contributed by atoms with Gasteiger partial charge in [0.1, 0.15) is 30.3 Å². The molecule has 3 rings (SSSR count). The Hall–Kier alpha value is -4.40. The highest BCUT2D eigenvalue weighted by atomic mass is 16.6. The van der Waals surface area contributed by atoms with Gasteiger partial charge in [-0.3, -0.25) is 19.2 Å². The molecular weight excluding hydrogens is 664 g/mol. The number of cyclic esters (lactones) is 2. The van der Waals surface area contributed by atoms with Crippen LogP contribution in [0.5, 0.6) is 0 Å². The number of carbonyl (C=O) groups excluding carboxylic acids is 6. The zero-order chi connectivity index (χ0) is 38.7. The Balaban J connectivity index is 2.14. The van der Waals surface area contributed by atoms with E-state index in [1.165, 1.54) is 16.8 Å². The summed E-state index contributed by atoms with van der Waals surface area (Å²) in [7, 11) is 1.48. The van der Waals surface area contributed by atoms with Crippen LogP contribution in [0.2, 0.25) is 0 Å². The van der Waals surface area contributed by atoms with Crippen LogP contribution < -0.4 is 10.6 Å². The second kappa shape index (κ2) is 19.4. The van der Waals surface area contributed by atoms with Crippen LogP contribution in [0, 0.1) is 36.0 Å². The molecule has 1 aromatic rings. The number of terminal acetylenes is 1. The number of fused-ring (bicyclic) bond motifs is 1. The number of hydrogen-bond donors (Lipinski definition) is 2. The molecule has 0 radical (unpaired) electrons. The summed E-state index contributed by atoms with van der Waals surface area (Å²) in [6.07, 6.45) is 5.90. The van der Waals surface area contributed by atoms with Gasteiger partial charge in [-0.1, -0.05) is 85.2 Å². The first-order valence-electron chi connectivity index (χ1n) is 18.7. The fourth-order valence-corrected chi connectivity index (χ4v) is 6.86. The van der Waals surface area contributed by atoms with Crippen molar-refractivity contribution in [2.75, 3.05) is 13.6 Å². The van der Waals surface area contributed by atoms with Gasteiger partial charge >= 0.3 is 11.9 Å². The molecule has 12 heteroatoms. The number of unbranched alkanes of at least 4 members (excludes halogenated alkanes) is 1. The Bertz CT molecular complexity index is 1460. The smallest absolute Gasteiger partial charge is 0.329 e. The fourth-order valence-electron chi connectivity index (χ4n) is 6.86. The first kappa shape index (κ1) is 42.0. The molecule has 0 aromatic heterocycles. The Kier molecular flexibility index (Phi) is 15.7. The lowest BCUT2D eigenvalue weighted by molar-refractivity contribution is -0.168.